The lowest BCUT2D eigenvalue weighted by Gasteiger charge is -2.30. The fourth-order valence-corrected chi connectivity index (χ4v) is 2.75. The molecule has 5 heteroatoms. The normalized spacial score (nSPS) is 12.5. The van der Waals surface area contributed by atoms with Gasteiger partial charge in [0, 0.05) is 51.2 Å². The third-order valence-corrected chi connectivity index (χ3v) is 3.87. The second kappa shape index (κ2) is 10.3. The van der Waals surface area contributed by atoms with E-state index in [1.165, 1.54) is 5.56 Å². The first kappa shape index (κ1) is 19.6. The first-order valence-electron chi connectivity index (χ1n) is 8.82. The van der Waals surface area contributed by atoms with Crippen LogP contribution < -0.4 is 10.6 Å². The molecule has 23 heavy (non-hydrogen) atoms. The fourth-order valence-electron chi connectivity index (χ4n) is 2.75. The van der Waals surface area contributed by atoms with Crippen LogP contribution in [0.3, 0.4) is 0 Å². The minimum atomic E-state index is 0.593. The molecule has 0 saturated carbocycles. The molecule has 0 bridgehead atoms. The van der Waals surface area contributed by atoms with Gasteiger partial charge in [-0.1, -0.05) is 0 Å². The van der Waals surface area contributed by atoms with Gasteiger partial charge < -0.3 is 15.2 Å². The minimum Gasteiger partial charge on any atom is -0.357 e. The molecule has 0 aliphatic heterocycles. The van der Waals surface area contributed by atoms with Gasteiger partial charge in [-0.3, -0.25) is 4.90 Å². The molecule has 0 aliphatic carbocycles. The third-order valence-electron chi connectivity index (χ3n) is 3.87. The average Bonchev–Trinajstić information content (AvgIpc) is 2.89. The molecule has 0 atom stereocenters. The Morgan fingerprint density at radius 3 is 2.43 bits per heavy atom. The molecule has 0 unspecified atom stereocenters. The van der Waals surface area contributed by atoms with E-state index in [-0.39, 0.29) is 0 Å². The van der Waals surface area contributed by atoms with Gasteiger partial charge in [-0.25, -0.2) is 4.99 Å². The second-order valence-electron chi connectivity index (χ2n) is 6.59. The SMILES string of the molecule is CCNC(=NCc1ccn(C)c1)NCCCN(C(C)C)C(C)C. The van der Waals surface area contributed by atoms with Crippen LogP contribution in [-0.2, 0) is 13.6 Å². The summed E-state index contributed by atoms with van der Waals surface area (Å²) >= 11 is 0. The molecule has 0 aromatic carbocycles. The second-order valence-corrected chi connectivity index (χ2v) is 6.59. The lowest BCUT2D eigenvalue weighted by Crippen LogP contribution is -2.41. The van der Waals surface area contributed by atoms with Gasteiger partial charge in [0.15, 0.2) is 5.96 Å². The maximum atomic E-state index is 4.65. The predicted molar refractivity (Wildman–Crippen MR) is 99.8 cm³/mol. The monoisotopic (exact) mass is 321 g/mol. The highest BCUT2D eigenvalue weighted by Crippen LogP contribution is 2.05. The van der Waals surface area contributed by atoms with E-state index in [1.807, 2.05) is 7.05 Å². The zero-order valence-electron chi connectivity index (χ0n) is 15.8. The number of aryl methyl sites for hydroxylation is 1. The Labute approximate surface area is 142 Å². The molecule has 5 nitrogen and oxygen atoms in total. The third kappa shape index (κ3) is 7.55. The van der Waals surface area contributed by atoms with Crippen molar-refractivity contribution in [3.05, 3.63) is 24.0 Å². The van der Waals surface area contributed by atoms with Crippen LogP contribution in [0.1, 0.15) is 46.6 Å². The van der Waals surface area contributed by atoms with Crippen molar-refractivity contribution in [2.75, 3.05) is 19.6 Å². The predicted octanol–water partition coefficient (Wildman–Crippen LogP) is 2.59. The van der Waals surface area contributed by atoms with Crippen molar-refractivity contribution >= 4 is 5.96 Å². The molecule has 0 saturated heterocycles. The number of aromatic nitrogens is 1. The lowest BCUT2D eigenvalue weighted by molar-refractivity contribution is 0.173. The molecule has 0 spiro atoms. The van der Waals surface area contributed by atoms with Crippen LogP contribution in [0.5, 0.6) is 0 Å². The van der Waals surface area contributed by atoms with Crippen molar-refractivity contribution in [1.29, 1.82) is 0 Å². The number of nitrogens with zero attached hydrogens (tertiary/aromatic N) is 3. The van der Waals surface area contributed by atoms with Crippen LogP contribution in [-0.4, -0.2) is 47.1 Å². The van der Waals surface area contributed by atoms with Crippen LogP contribution in [0.25, 0.3) is 0 Å². The maximum Gasteiger partial charge on any atom is 0.191 e. The number of hydrogen-bond acceptors (Lipinski definition) is 2. The van der Waals surface area contributed by atoms with Gasteiger partial charge in [-0.05, 0) is 52.7 Å². The zero-order valence-corrected chi connectivity index (χ0v) is 15.8. The van der Waals surface area contributed by atoms with E-state index in [0.29, 0.717) is 18.6 Å². The van der Waals surface area contributed by atoms with E-state index >= 15 is 0 Å². The van der Waals surface area contributed by atoms with Gasteiger partial charge >= 0.3 is 0 Å². The Balaban J connectivity index is 2.40. The van der Waals surface area contributed by atoms with Crippen molar-refractivity contribution in [3.63, 3.8) is 0 Å². The summed E-state index contributed by atoms with van der Waals surface area (Å²) in [6.45, 7) is 14.8. The molecular weight excluding hydrogens is 286 g/mol. The maximum absolute atomic E-state index is 4.65. The number of nitrogens with one attached hydrogen (secondary N) is 2. The molecule has 1 rings (SSSR count). The highest BCUT2D eigenvalue weighted by molar-refractivity contribution is 5.79. The summed E-state index contributed by atoms with van der Waals surface area (Å²) in [5, 5.41) is 6.75. The van der Waals surface area contributed by atoms with Gasteiger partial charge in [0.05, 0.1) is 6.54 Å². The molecular formula is C18H35N5. The van der Waals surface area contributed by atoms with E-state index in [9.17, 15) is 0 Å². The Morgan fingerprint density at radius 2 is 1.91 bits per heavy atom. The first-order chi connectivity index (χ1) is 10.9. The Bertz CT molecular complexity index is 454. The summed E-state index contributed by atoms with van der Waals surface area (Å²) in [6.07, 6.45) is 5.28. The molecule has 1 aromatic rings. The van der Waals surface area contributed by atoms with E-state index in [2.05, 4.69) is 78.2 Å². The molecule has 1 aromatic heterocycles. The van der Waals surface area contributed by atoms with E-state index < -0.39 is 0 Å². The van der Waals surface area contributed by atoms with Crippen LogP contribution in [0, 0.1) is 0 Å². The van der Waals surface area contributed by atoms with Crippen molar-refractivity contribution < 1.29 is 0 Å². The van der Waals surface area contributed by atoms with Gasteiger partial charge in [-0.15, -0.1) is 0 Å². The Hall–Kier alpha value is -1.49. The Kier molecular flexibility index (Phi) is 8.77. The smallest absolute Gasteiger partial charge is 0.191 e. The summed E-state index contributed by atoms with van der Waals surface area (Å²) in [4.78, 5) is 7.17. The van der Waals surface area contributed by atoms with Gasteiger partial charge in [0.2, 0.25) is 0 Å². The van der Waals surface area contributed by atoms with Crippen LogP contribution in [0.4, 0.5) is 0 Å². The quantitative estimate of drug-likeness (QED) is 0.417. The van der Waals surface area contributed by atoms with E-state index in [1.54, 1.807) is 0 Å². The van der Waals surface area contributed by atoms with Crippen molar-refractivity contribution in [1.82, 2.24) is 20.1 Å². The summed E-state index contributed by atoms with van der Waals surface area (Å²) in [7, 11) is 2.03. The summed E-state index contributed by atoms with van der Waals surface area (Å²) in [5.41, 5.74) is 1.23. The fraction of sp³-hybridized carbons (Fsp3) is 0.722. The molecule has 1 heterocycles. The molecule has 0 aliphatic rings. The lowest BCUT2D eigenvalue weighted by atomic mass is 10.2. The van der Waals surface area contributed by atoms with Gasteiger partial charge in [0.1, 0.15) is 0 Å². The van der Waals surface area contributed by atoms with Crippen molar-refractivity contribution in [2.24, 2.45) is 12.0 Å². The highest BCUT2D eigenvalue weighted by atomic mass is 15.2. The van der Waals surface area contributed by atoms with Gasteiger partial charge in [0.25, 0.3) is 0 Å². The molecule has 0 amide bonds. The van der Waals surface area contributed by atoms with Gasteiger partial charge in [-0.2, -0.15) is 0 Å². The van der Waals surface area contributed by atoms with Crippen molar-refractivity contribution in [2.45, 2.75) is 59.7 Å². The summed E-state index contributed by atoms with van der Waals surface area (Å²) in [6, 6.07) is 3.29. The number of hydrogen-bond donors (Lipinski definition) is 2. The Morgan fingerprint density at radius 1 is 1.22 bits per heavy atom. The summed E-state index contributed by atoms with van der Waals surface area (Å²) < 4.78 is 2.05. The number of aliphatic imine (C=N–C) groups is 1. The molecule has 132 valence electrons. The molecule has 0 fully saturated rings. The minimum absolute atomic E-state index is 0.593. The summed E-state index contributed by atoms with van der Waals surface area (Å²) in [5.74, 6) is 0.900. The van der Waals surface area contributed by atoms with Crippen molar-refractivity contribution in [3.8, 4) is 0 Å². The van der Waals surface area contributed by atoms with Crippen LogP contribution in [0.2, 0.25) is 0 Å². The molecule has 0 radical (unpaired) electrons. The first-order valence-corrected chi connectivity index (χ1v) is 8.82. The largest absolute Gasteiger partial charge is 0.357 e. The molecule has 2 N–H and O–H groups in total. The van der Waals surface area contributed by atoms with Crippen LogP contribution >= 0.6 is 0 Å². The number of guanidine groups is 1. The average molecular weight is 322 g/mol. The number of rotatable bonds is 9. The standard InChI is InChI=1S/C18H35N5/c1-7-19-18(21-13-17-9-12-22(6)14-17)20-10-8-11-23(15(2)3)16(4)5/h9,12,14-16H,7-8,10-11,13H2,1-6H3,(H2,19,20,21). The topological polar surface area (TPSA) is 44.6 Å². The zero-order chi connectivity index (χ0) is 17.2. The van der Waals surface area contributed by atoms with E-state index in [0.717, 1.165) is 32.0 Å². The van der Waals surface area contributed by atoms with Crippen LogP contribution in [0.15, 0.2) is 23.5 Å². The van der Waals surface area contributed by atoms with E-state index in [4.69, 9.17) is 0 Å². The highest BCUT2D eigenvalue weighted by Gasteiger charge is 2.12.